The standard InChI is InChI=1S/C22H26N2O5S/c1-22(2)21(26)20(24-13-7-6-10-19(24)25)17-14-16(11-12-18(17)29-22)30(27,28)23-15-8-4-3-5-9-15/h3-5,8-9,11-12,14,20-21,23,26H,6-7,10,13H2,1-2H3. The molecule has 1 saturated heterocycles. The van der Waals surface area contributed by atoms with E-state index in [1.807, 2.05) is 0 Å². The minimum Gasteiger partial charge on any atom is -0.485 e. The number of anilines is 1. The first-order chi connectivity index (χ1) is 14.2. The molecular formula is C22H26N2O5S. The average Bonchev–Trinajstić information content (AvgIpc) is 2.70. The normalized spacial score (nSPS) is 23.4. The lowest BCUT2D eigenvalue weighted by Crippen LogP contribution is -2.55. The van der Waals surface area contributed by atoms with Crippen LogP contribution in [0.1, 0.15) is 44.7 Å². The summed E-state index contributed by atoms with van der Waals surface area (Å²) < 4.78 is 34.4. The van der Waals surface area contributed by atoms with Gasteiger partial charge >= 0.3 is 0 Å². The molecule has 2 aliphatic heterocycles. The first-order valence-corrected chi connectivity index (χ1v) is 11.6. The Morgan fingerprint density at radius 1 is 1.13 bits per heavy atom. The minimum atomic E-state index is -3.85. The monoisotopic (exact) mass is 430 g/mol. The van der Waals surface area contributed by atoms with Gasteiger partial charge in [0.1, 0.15) is 17.5 Å². The van der Waals surface area contributed by atoms with Gasteiger partial charge in [0.2, 0.25) is 5.91 Å². The Bertz CT molecular complexity index is 1050. The highest BCUT2D eigenvalue weighted by molar-refractivity contribution is 7.92. The molecule has 0 radical (unpaired) electrons. The second-order valence-electron chi connectivity index (χ2n) is 8.31. The second kappa shape index (κ2) is 7.59. The number of sulfonamides is 1. The molecular weight excluding hydrogens is 404 g/mol. The van der Waals surface area contributed by atoms with Crippen LogP contribution in [0.25, 0.3) is 0 Å². The van der Waals surface area contributed by atoms with Gasteiger partial charge in [-0.3, -0.25) is 9.52 Å². The lowest BCUT2D eigenvalue weighted by atomic mass is 9.84. The number of aliphatic hydroxyl groups is 1. The number of carbonyl (C=O) groups excluding carboxylic acids is 1. The number of hydrogen-bond acceptors (Lipinski definition) is 5. The zero-order valence-electron chi connectivity index (χ0n) is 17.0. The number of ether oxygens (including phenoxy) is 1. The number of nitrogens with one attached hydrogen (secondary N) is 1. The zero-order valence-corrected chi connectivity index (χ0v) is 17.9. The summed E-state index contributed by atoms with van der Waals surface area (Å²) >= 11 is 0. The van der Waals surface area contributed by atoms with Crippen LogP contribution in [0.5, 0.6) is 5.75 Å². The fourth-order valence-corrected chi connectivity index (χ4v) is 5.18. The van der Waals surface area contributed by atoms with E-state index in [1.54, 1.807) is 55.1 Å². The van der Waals surface area contributed by atoms with Crippen LogP contribution >= 0.6 is 0 Å². The summed E-state index contributed by atoms with van der Waals surface area (Å²) in [7, 11) is -3.85. The van der Waals surface area contributed by atoms with Gasteiger partial charge in [-0.05, 0) is 57.0 Å². The van der Waals surface area contributed by atoms with Crippen molar-refractivity contribution in [1.29, 1.82) is 0 Å². The third-order valence-electron chi connectivity index (χ3n) is 5.72. The van der Waals surface area contributed by atoms with E-state index in [0.717, 1.165) is 12.8 Å². The molecule has 1 amide bonds. The lowest BCUT2D eigenvalue weighted by Gasteiger charge is -2.47. The van der Waals surface area contributed by atoms with Crippen molar-refractivity contribution in [2.75, 3.05) is 11.3 Å². The maximum atomic E-state index is 12.9. The van der Waals surface area contributed by atoms with Crippen molar-refractivity contribution in [3.8, 4) is 5.75 Å². The van der Waals surface area contributed by atoms with Crippen LogP contribution in [0.2, 0.25) is 0 Å². The Hall–Kier alpha value is -2.58. The topological polar surface area (TPSA) is 95.9 Å². The molecule has 4 rings (SSSR count). The van der Waals surface area contributed by atoms with Gasteiger partial charge in [-0.1, -0.05) is 18.2 Å². The van der Waals surface area contributed by atoms with Crippen LogP contribution in [0, 0.1) is 0 Å². The zero-order chi connectivity index (χ0) is 21.5. The number of nitrogens with zero attached hydrogens (tertiary/aromatic N) is 1. The van der Waals surface area contributed by atoms with Gasteiger partial charge in [0.05, 0.1) is 10.9 Å². The van der Waals surface area contributed by atoms with Gasteiger partial charge in [0.25, 0.3) is 10.0 Å². The van der Waals surface area contributed by atoms with Gasteiger partial charge in [0, 0.05) is 24.2 Å². The van der Waals surface area contributed by atoms with Gasteiger partial charge in [-0.2, -0.15) is 0 Å². The Morgan fingerprint density at radius 2 is 1.87 bits per heavy atom. The highest BCUT2D eigenvalue weighted by Gasteiger charge is 2.47. The number of para-hydroxylation sites is 1. The summed E-state index contributed by atoms with van der Waals surface area (Å²) in [5, 5.41) is 11.1. The third-order valence-corrected chi connectivity index (χ3v) is 7.10. The van der Waals surface area contributed by atoms with Gasteiger partial charge in [-0.15, -0.1) is 0 Å². The summed E-state index contributed by atoms with van der Waals surface area (Å²) in [5.74, 6) is 0.442. The van der Waals surface area contributed by atoms with Crippen LogP contribution in [-0.2, 0) is 14.8 Å². The highest BCUT2D eigenvalue weighted by Crippen LogP contribution is 2.44. The van der Waals surface area contributed by atoms with Gasteiger partial charge in [-0.25, -0.2) is 8.42 Å². The van der Waals surface area contributed by atoms with E-state index in [-0.39, 0.29) is 10.8 Å². The van der Waals surface area contributed by atoms with Crippen molar-refractivity contribution in [2.24, 2.45) is 0 Å². The molecule has 8 heteroatoms. The molecule has 2 aromatic rings. The maximum Gasteiger partial charge on any atom is 0.261 e. The summed E-state index contributed by atoms with van der Waals surface area (Å²) in [6.45, 7) is 4.06. The number of carbonyl (C=O) groups is 1. The maximum absolute atomic E-state index is 12.9. The Labute approximate surface area is 176 Å². The fraction of sp³-hybridized carbons (Fsp3) is 0.409. The molecule has 2 unspecified atom stereocenters. The number of hydrogen-bond donors (Lipinski definition) is 2. The molecule has 0 aromatic heterocycles. The molecule has 2 atom stereocenters. The lowest BCUT2D eigenvalue weighted by molar-refractivity contribution is -0.147. The number of aliphatic hydroxyl groups excluding tert-OH is 1. The number of fused-ring (bicyclic) bond motifs is 1. The summed E-state index contributed by atoms with van der Waals surface area (Å²) in [6, 6.07) is 12.5. The Morgan fingerprint density at radius 3 is 2.57 bits per heavy atom. The molecule has 160 valence electrons. The molecule has 30 heavy (non-hydrogen) atoms. The van der Waals surface area contributed by atoms with E-state index in [4.69, 9.17) is 4.74 Å². The van der Waals surface area contributed by atoms with E-state index >= 15 is 0 Å². The number of benzene rings is 2. The van der Waals surface area contributed by atoms with E-state index < -0.39 is 27.8 Å². The molecule has 0 saturated carbocycles. The molecule has 0 spiro atoms. The molecule has 2 N–H and O–H groups in total. The van der Waals surface area contributed by atoms with E-state index in [1.165, 1.54) is 12.1 Å². The molecule has 1 fully saturated rings. The van der Waals surface area contributed by atoms with E-state index in [2.05, 4.69) is 4.72 Å². The van der Waals surface area contributed by atoms with Crippen LogP contribution in [-0.4, -0.2) is 42.6 Å². The van der Waals surface area contributed by atoms with Gasteiger partial charge in [0.15, 0.2) is 0 Å². The summed E-state index contributed by atoms with van der Waals surface area (Å²) in [5.41, 5.74) is 0.0429. The van der Waals surface area contributed by atoms with E-state index in [9.17, 15) is 18.3 Å². The molecule has 2 aromatic carbocycles. The van der Waals surface area contributed by atoms with Crippen molar-refractivity contribution in [1.82, 2.24) is 4.90 Å². The van der Waals surface area contributed by atoms with Crippen molar-refractivity contribution >= 4 is 21.6 Å². The largest absolute Gasteiger partial charge is 0.485 e. The highest BCUT2D eigenvalue weighted by atomic mass is 32.2. The number of piperidine rings is 1. The summed E-state index contributed by atoms with van der Waals surface area (Å²) in [6.07, 6.45) is 1.10. The van der Waals surface area contributed by atoms with Crippen molar-refractivity contribution < 1.29 is 23.1 Å². The van der Waals surface area contributed by atoms with Crippen LogP contribution in [0.4, 0.5) is 5.69 Å². The average molecular weight is 431 g/mol. The molecule has 2 heterocycles. The van der Waals surface area contributed by atoms with Crippen LogP contribution < -0.4 is 9.46 Å². The van der Waals surface area contributed by atoms with Gasteiger partial charge < -0.3 is 14.7 Å². The van der Waals surface area contributed by atoms with Crippen LogP contribution in [0.3, 0.4) is 0 Å². The molecule has 2 aliphatic rings. The molecule has 7 nitrogen and oxygen atoms in total. The van der Waals surface area contributed by atoms with E-state index in [0.29, 0.717) is 30.0 Å². The Kier molecular flexibility index (Phi) is 5.23. The smallest absolute Gasteiger partial charge is 0.261 e. The SMILES string of the molecule is CC1(C)Oc2ccc(S(=O)(=O)Nc3ccccc3)cc2C(N2CCCCC2=O)C1O. The molecule has 0 bridgehead atoms. The quantitative estimate of drug-likeness (QED) is 0.777. The second-order valence-corrected chi connectivity index (χ2v) is 9.99. The predicted octanol–water partition coefficient (Wildman–Crippen LogP) is 3.07. The van der Waals surface area contributed by atoms with Crippen LogP contribution in [0.15, 0.2) is 53.4 Å². The van der Waals surface area contributed by atoms with Crippen molar-refractivity contribution in [3.05, 3.63) is 54.1 Å². The predicted molar refractivity (Wildman–Crippen MR) is 113 cm³/mol. The minimum absolute atomic E-state index is 0.0374. The third kappa shape index (κ3) is 3.77. The number of rotatable bonds is 4. The molecule has 0 aliphatic carbocycles. The number of likely N-dealkylation sites (tertiary alicyclic amines) is 1. The summed E-state index contributed by atoms with van der Waals surface area (Å²) in [4.78, 5) is 14.3. The first-order valence-electron chi connectivity index (χ1n) is 10.1. The van der Waals surface area contributed by atoms with Crippen molar-refractivity contribution in [3.63, 3.8) is 0 Å². The number of amides is 1. The first kappa shape index (κ1) is 20.7. The Balaban J connectivity index is 1.76. The fourth-order valence-electron chi connectivity index (χ4n) is 4.09. The van der Waals surface area contributed by atoms with Crippen molar-refractivity contribution in [2.45, 2.75) is 55.8 Å².